The van der Waals surface area contributed by atoms with Crippen LogP contribution in [0.3, 0.4) is 0 Å². The summed E-state index contributed by atoms with van der Waals surface area (Å²) in [5.41, 5.74) is 1.27. The minimum atomic E-state index is -4.17. The number of ketones is 4. The molecule has 0 N–H and O–H groups in total. The summed E-state index contributed by atoms with van der Waals surface area (Å²) in [6.45, 7) is 0. The van der Waals surface area contributed by atoms with E-state index in [0.717, 1.165) is 0 Å². The molecule has 0 saturated carbocycles. The zero-order chi connectivity index (χ0) is 24.5. The van der Waals surface area contributed by atoms with E-state index >= 15 is 0 Å². The molecule has 4 aromatic rings. The van der Waals surface area contributed by atoms with Crippen molar-refractivity contribution in [2.75, 3.05) is 0 Å². The molecular weight excluding hydrogens is 464 g/mol. The van der Waals surface area contributed by atoms with Crippen LogP contribution in [-0.4, -0.2) is 31.6 Å². The molecule has 0 saturated heterocycles. The first-order valence-electron chi connectivity index (χ1n) is 10.7. The molecule has 0 heterocycles. The van der Waals surface area contributed by atoms with Gasteiger partial charge in [-0.3, -0.25) is 19.2 Å². The van der Waals surface area contributed by atoms with Crippen LogP contribution in [0.1, 0.15) is 63.7 Å². The Morgan fingerprint density at radius 3 is 1.00 bits per heavy atom. The molecule has 0 atom stereocenters. The van der Waals surface area contributed by atoms with E-state index in [0.29, 0.717) is 0 Å². The van der Waals surface area contributed by atoms with E-state index in [1.165, 1.54) is 48.5 Å². The van der Waals surface area contributed by atoms with E-state index in [9.17, 15) is 27.6 Å². The summed E-state index contributed by atoms with van der Waals surface area (Å²) in [7, 11) is -4.17. The van der Waals surface area contributed by atoms with Crippen molar-refractivity contribution in [3.63, 3.8) is 0 Å². The third-order valence-corrected chi connectivity index (χ3v) is 8.16. The van der Waals surface area contributed by atoms with E-state index in [-0.39, 0.29) is 65.9 Å². The van der Waals surface area contributed by atoms with Crippen molar-refractivity contribution in [1.82, 2.24) is 0 Å². The van der Waals surface area contributed by atoms with Gasteiger partial charge in [-0.2, -0.15) is 0 Å². The van der Waals surface area contributed by atoms with E-state index in [4.69, 9.17) is 0 Å². The summed E-state index contributed by atoms with van der Waals surface area (Å²) >= 11 is 0. The van der Waals surface area contributed by atoms with Crippen molar-refractivity contribution in [1.29, 1.82) is 0 Å². The zero-order valence-electron chi connectivity index (χ0n) is 17.9. The first kappa shape index (κ1) is 21.1. The van der Waals surface area contributed by atoms with Gasteiger partial charge in [0.15, 0.2) is 23.1 Å². The monoisotopic (exact) mass is 478 g/mol. The Bertz CT molecular complexity index is 1650. The Kier molecular flexibility index (Phi) is 4.37. The van der Waals surface area contributed by atoms with Crippen LogP contribution >= 0.6 is 0 Å². The van der Waals surface area contributed by atoms with Crippen LogP contribution in [0, 0.1) is 0 Å². The van der Waals surface area contributed by atoms with Crippen molar-refractivity contribution in [2.45, 2.75) is 9.79 Å². The maximum absolute atomic E-state index is 13.5. The molecule has 2 aliphatic carbocycles. The van der Waals surface area contributed by atoms with Gasteiger partial charge in [-0.1, -0.05) is 48.5 Å². The average Bonchev–Trinajstić information content (AvgIpc) is 2.89. The van der Waals surface area contributed by atoms with Gasteiger partial charge in [0.25, 0.3) is 0 Å². The summed E-state index contributed by atoms with van der Waals surface area (Å²) in [6, 6.07) is 20.4. The van der Waals surface area contributed by atoms with Crippen LogP contribution < -0.4 is 0 Å². The summed E-state index contributed by atoms with van der Waals surface area (Å²) < 4.78 is 27.0. The largest absolute Gasteiger partial charge is 0.289 e. The third kappa shape index (κ3) is 2.92. The third-order valence-electron chi connectivity index (χ3n) is 6.41. The smallest absolute Gasteiger partial charge is 0.206 e. The van der Waals surface area contributed by atoms with Crippen molar-refractivity contribution < 1.29 is 27.6 Å². The average molecular weight is 478 g/mol. The molecule has 6 nitrogen and oxygen atoms in total. The predicted octanol–water partition coefficient (Wildman–Crippen LogP) is 4.07. The SMILES string of the molecule is O=C1c2ccccc2C(=O)c2cc(S(=O)(=O)c3ccc4c(c3)C(=O)c3ccccc3C4=O)ccc21. The van der Waals surface area contributed by atoms with Crippen LogP contribution in [0.2, 0.25) is 0 Å². The van der Waals surface area contributed by atoms with Gasteiger partial charge in [0.05, 0.1) is 9.79 Å². The molecule has 0 fully saturated rings. The highest BCUT2D eigenvalue weighted by molar-refractivity contribution is 7.91. The fraction of sp³-hybridized carbons (Fsp3) is 0. The van der Waals surface area contributed by atoms with Gasteiger partial charge < -0.3 is 0 Å². The maximum Gasteiger partial charge on any atom is 0.206 e. The molecule has 35 heavy (non-hydrogen) atoms. The quantitative estimate of drug-likeness (QED) is 0.372. The minimum Gasteiger partial charge on any atom is -0.289 e. The molecule has 0 amide bonds. The molecule has 0 spiro atoms. The Labute approximate surface area is 199 Å². The van der Waals surface area contributed by atoms with Crippen molar-refractivity contribution in [3.05, 3.63) is 129 Å². The molecule has 6 rings (SSSR count). The lowest BCUT2D eigenvalue weighted by Crippen LogP contribution is -2.22. The lowest BCUT2D eigenvalue weighted by molar-refractivity contribution is 0.0979. The number of fused-ring (bicyclic) bond motifs is 4. The molecule has 7 heteroatoms. The number of sulfone groups is 1. The van der Waals surface area contributed by atoms with Gasteiger partial charge in [-0.05, 0) is 36.4 Å². The van der Waals surface area contributed by atoms with Gasteiger partial charge in [0.1, 0.15) is 0 Å². The molecule has 0 aromatic heterocycles. The van der Waals surface area contributed by atoms with Crippen molar-refractivity contribution in [3.8, 4) is 0 Å². The second-order valence-electron chi connectivity index (χ2n) is 8.33. The van der Waals surface area contributed by atoms with Crippen LogP contribution in [0.5, 0.6) is 0 Å². The Morgan fingerprint density at radius 2 is 0.657 bits per heavy atom. The number of hydrogen-bond acceptors (Lipinski definition) is 6. The predicted molar refractivity (Wildman–Crippen MR) is 125 cm³/mol. The fourth-order valence-electron chi connectivity index (χ4n) is 4.63. The number of rotatable bonds is 2. The number of carbonyl (C=O) groups excluding carboxylic acids is 4. The Balaban J connectivity index is 1.46. The molecule has 168 valence electrons. The minimum absolute atomic E-state index is 0.00733. The first-order chi connectivity index (χ1) is 16.8. The van der Waals surface area contributed by atoms with Gasteiger partial charge in [-0.15, -0.1) is 0 Å². The highest BCUT2D eigenvalue weighted by Crippen LogP contribution is 2.33. The Morgan fingerprint density at radius 1 is 0.371 bits per heavy atom. The summed E-state index contributed by atoms with van der Waals surface area (Å²) in [5.74, 6) is -1.57. The van der Waals surface area contributed by atoms with Crippen LogP contribution in [0.4, 0.5) is 0 Å². The molecule has 0 bridgehead atoms. The fourth-order valence-corrected chi connectivity index (χ4v) is 5.94. The highest BCUT2D eigenvalue weighted by atomic mass is 32.2. The van der Waals surface area contributed by atoms with Crippen molar-refractivity contribution >= 4 is 33.0 Å². The topological polar surface area (TPSA) is 102 Å². The first-order valence-corrected chi connectivity index (χ1v) is 12.2. The molecule has 0 radical (unpaired) electrons. The van der Waals surface area contributed by atoms with E-state index in [1.807, 2.05) is 0 Å². The summed E-state index contributed by atoms with van der Waals surface area (Å²) in [6.07, 6.45) is 0. The lowest BCUT2D eigenvalue weighted by Gasteiger charge is -2.19. The number of hydrogen-bond donors (Lipinski definition) is 0. The van der Waals surface area contributed by atoms with E-state index < -0.39 is 21.4 Å². The van der Waals surface area contributed by atoms with E-state index in [2.05, 4.69) is 0 Å². The second-order valence-corrected chi connectivity index (χ2v) is 10.3. The van der Waals surface area contributed by atoms with Crippen LogP contribution in [-0.2, 0) is 9.84 Å². The summed E-state index contributed by atoms with van der Waals surface area (Å²) in [5, 5.41) is 0. The van der Waals surface area contributed by atoms with Gasteiger partial charge in [0, 0.05) is 44.5 Å². The maximum atomic E-state index is 13.5. The molecule has 0 unspecified atom stereocenters. The molecule has 4 aromatic carbocycles. The normalized spacial score (nSPS) is 14.2. The molecule has 0 aliphatic heterocycles. The zero-order valence-corrected chi connectivity index (χ0v) is 18.8. The van der Waals surface area contributed by atoms with Gasteiger partial charge >= 0.3 is 0 Å². The molecule has 2 aliphatic rings. The van der Waals surface area contributed by atoms with Crippen LogP contribution in [0.15, 0.2) is 94.7 Å². The lowest BCUT2D eigenvalue weighted by atomic mass is 9.84. The summed E-state index contributed by atoms with van der Waals surface area (Å²) in [4.78, 5) is 51.4. The van der Waals surface area contributed by atoms with Gasteiger partial charge in [0.2, 0.25) is 9.84 Å². The number of carbonyl (C=O) groups is 4. The van der Waals surface area contributed by atoms with Crippen LogP contribution in [0.25, 0.3) is 0 Å². The standard InChI is InChI=1S/C28H14O6S/c29-25-17-5-1-3-7-19(17)27(31)23-13-15(9-11-21(23)25)35(33,34)16-10-12-22-24(14-16)28(32)20-8-4-2-6-18(20)26(22)30/h1-14H. The van der Waals surface area contributed by atoms with Gasteiger partial charge in [-0.25, -0.2) is 8.42 Å². The van der Waals surface area contributed by atoms with E-state index in [1.54, 1.807) is 36.4 Å². The number of benzene rings is 4. The highest BCUT2D eigenvalue weighted by Gasteiger charge is 2.33. The van der Waals surface area contributed by atoms with Crippen molar-refractivity contribution in [2.24, 2.45) is 0 Å². The Hall–Kier alpha value is -4.49. The second kappa shape index (κ2) is 7.25. The molecular formula is C28H14O6S.